The van der Waals surface area contributed by atoms with E-state index in [-0.39, 0.29) is 0 Å². The Kier molecular flexibility index (Phi) is 2.43. The highest BCUT2D eigenvalue weighted by Crippen LogP contribution is 2.46. The topological polar surface area (TPSA) is 0 Å². The Labute approximate surface area is 309 Å². The Bertz CT molecular complexity index is 4180. The Morgan fingerprint density at radius 2 is 0.891 bits per heavy atom. The van der Waals surface area contributed by atoms with Gasteiger partial charge in [0.15, 0.2) is 0 Å². The van der Waals surface area contributed by atoms with Gasteiger partial charge in [-0.3, -0.25) is 0 Å². The van der Waals surface area contributed by atoms with Crippen molar-refractivity contribution < 1.29 is 39.8 Å². The molecule has 0 bridgehead atoms. The smallest absolute Gasteiger partial charge is 0.0622 e. The van der Waals surface area contributed by atoms with Crippen LogP contribution in [0.4, 0.5) is 0 Å². The lowest BCUT2D eigenvalue weighted by molar-refractivity contribution is 1.61. The Morgan fingerprint density at radius 1 is 0.283 bits per heavy atom. The summed E-state index contributed by atoms with van der Waals surface area (Å²) < 4.78 is 261. The van der Waals surface area contributed by atoms with Gasteiger partial charge in [-0.2, -0.15) is 0 Å². The van der Waals surface area contributed by atoms with Crippen molar-refractivity contribution in [3.05, 3.63) is 181 Å². The molecule has 0 saturated heterocycles. The van der Waals surface area contributed by atoms with Gasteiger partial charge in [-0.05, 0) is 106 Å². The van der Waals surface area contributed by atoms with E-state index in [1.807, 2.05) is 0 Å². The third-order valence-electron chi connectivity index (χ3n) is 7.26. The fraction of sp³-hybridized carbons (Fsp3) is 0. The summed E-state index contributed by atoms with van der Waals surface area (Å²) in [4.78, 5) is 0. The maximum Gasteiger partial charge on any atom is 0.0636 e. The third-order valence-corrected chi connectivity index (χ3v) is 7.26. The van der Waals surface area contributed by atoms with E-state index in [1.54, 1.807) is 0 Å². The maximum atomic E-state index is 10.2. The van der Waals surface area contributed by atoms with E-state index >= 15 is 0 Å². The molecular weight excluding hydrogens is 553 g/mol. The molecule has 9 rings (SSSR count). The average Bonchev–Trinajstić information content (AvgIpc) is 3.37. The lowest BCUT2D eigenvalue weighted by Gasteiger charge is -2.20. The average molecular weight is 612 g/mol. The maximum absolute atomic E-state index is 10.2. The molecule has 0 aliphatic carbocycles. The van der Waals surface area contributed by atoms with Gasteiger partial charge >= 0.3 is 0 Å². The van der Waals surface area contributed by atoms with Crippen LogP contribution in [0.2, 0.25) is 0 Å². The number of benzene rings is 9. The van der Waals surface area contributed by atoms with Gasteiger partial charge in [0, 0.05) is 0 Å². The first-order chi connectivity index (χ1) is 34.9. The lowest BCUT2D eigenvalue weighted by atomic mass is 9.83. The second kappa shape index (κ2) is 10.9. The van der Waals surface area contributed by atoms with Crippen LogP contribution in [-0.2, 0) is 0 Å². The van der Waals surface area contributed by atoms with Crippen LogP contribution in [0, 0.1) is 0 Å². The highest BCUT2D eigenvalue weighted by Gasteiger charge is 2.19. The molecule has 0 N–H and O–H groups in total. The molecule has 0 atom stereocenters. The first kappa shape index (κ1) is 10.3. The Morgan fingerprint density at radius 3 is 1.74 bits per heavy atom. The van der Waals surface area contributed by atoms with E-state index in [4.69, 9.17) is 24.7 Å². The first-order valence-electron chi connectivity index (χ1n) is 28.1. The van der Waals surface area contributed by atoms with E-state index in [2.05, 4.69) is 0 Å². The predicted octanol–water partition coefficient (Wildman–Crippen LogP) is 13.0. The molecule has 0 radical (unpaired) electrons. The Hall–Kier alpha value is -5.98. The summed E-state index contributed by atoms with van der Waals surface area (Å²) in [5.74, 6) is 0. The van der Waals surface area contributed by atoms with Crippen LogP contribution in [-0.4, -0.2) is 0 Å². The highest BCUT2D eigenvalue weighted by atomic mass is 14.2. The second-order valence-electron chi connectivity index (χ2n) is 9.83. The van der Waals surface area contributed by atoms with Crippen LogP contribution < -0.4 is 0 Å². The molecule has 0 nitrogen and oxygen atoms in total. The minimum absolute atomic E-state index is 0.608. The van der Waals surface area contributed by atoms with E-state index < -0.39 is 263 Å². The lowest BCUT2D eigenvalue weighted by Crippen LogP contribution is -1.93. The summed E-state index contributed by atoms with van der Waals surface area (Å²) in [6.07, 6.45) is 0. The minimum atomic E-state index is -1.14. The zero-order valence-electron chi connectivity index (χ0n) is 52.1. The van der Waals surface area contributed by atoms with Crippen LogP contribution >= 0.6 is 0 Å². The SMILES string of the molecule is [2H]c1cc(-c2c([2H])c([2H])c([2H])c([2H])c2[2H])c([2H])c(-c2c3c([2H])c([2H])c([2H])c([2H])c3c(-c3c([2H])c([2H])c([2H])c4c([2H])c([2H])c([2H])c([2H])c34)c3c([2H])c(-c4c([2H])c([2H])c5c([2H])c([2H])c([2H])c([2H])c5c4[2H])c([2H])c([2H])c23)c1[2H]. The Balaban J connectivity index is 1.69. The van der Waals surface area contributed by atoms with E-state index in [9.17, 15) is 15.1 Å². The van der Waals surface area contributed by atoms with E-state index in [0.717, 1.165) is 6.07 Å². The molecule has 9 aromatic rings. The molecule has 46 heavy (non-hydrogen) atoms. The molecule has 0 aliphatic heterocycles. The van der Waals surface area contributed by atoms with Crippen molar-refractivity contribution in [3.63, 3.8) is 0 Å². The monoisotopic (exact) mass is 611 g/mol. The normalized spacial score (nSPS) is 20.3. The molecule has 9 aromatic carbocycles. The molecular formula is C46H30. The zero-order valence-corrected chi connectivity index (χ0v) is 23.1. The second-order valence-corrected chi connectivity index (χ2v) is 9.83. The molecule has 0 fully saturated rings. The summed E-state index contributed by atoms with van der Waals surface area (Å²) in [6, 6.07) is -27.0. The molecule has 0 heteroatoms. The van der Waals surface area contributed by atoms with Crippen molar-refractivity contribution >= 4 is 43.1 Å². The fourth-order valence-corrected chi connectivity index (χ4v) is 5.28. The molecule has 0 unspecified atom stereocenters. The largest absolute Gasteiger partial charge is 0.0636 e. The quantitative estimate of drug-likeness (QED) is 0.174. The summed E-state index contributed by atoms with van der Waals surface area (Å²) >= 11 is 0. The number of rotatable bonds is 4. The van der Waals surface area contributed by atoms with Gasteiger partial charge in [0.2, 0.25) is 0 Å². The van der Waals surface area contributed by atoms with Crippen molar-refractivity contribution in [3.8, 4) is 44.5 Å². The van der Waals surface area contributed by atoms with Crippen molar-refractivity contribution in [1.82, 2.24) is 0 Å². The van der Waals surface area contributed by atoms with Gasteiger partial charge in [-0.25, -0.2) is 0 Å². The van der Waals surface area contributed by atoms with Crippen LogP contribution in [0.5, 0.6) is 0 Å². The molecule has 0 aliphatic rings. The summed E-state index contributed by atoms with van der Waals surface area (Å²) in [5.41, 5.74) is -6.38. The third kappa shape index (κ3) is 4.38. The minimum Gasteiger partial charge on any atom is -0.0622 e. The van der Waals surface area contributed by atoms with Gasteiger partial charge in [0.05, 0.1) is 39.8 Å². The molecule has 0 aromatic heterocycles. The zero-order chi connectivity index (χ0) is 55.7. The summed E-state index contributed by atoms with van der Waals surface area (Å²) in [5, 5.41) is -6.02. The first-order valence-corrected chi connectivity index (χ1v) is 13.6. The number of hydrogen-bond acceptors (Lipinski definition) is 0. The standard InChI is InChI=1S/C46H30/c1-2-12-31(13-3-1)35-18-10-19-38(29-35)45-41-21-8-9-22-42(41)46(40-23-11-17-33-15-6-7-20-39(33)40)44-30-37(26-27-43(44)45)36-25-24-32-14-4-5-16-34(32)28-36/h1-30H/i1D,2D,3D,4D,5D,6D,7D,8D,9D,10D,11D,12D,13D,14D,15D,16D,17D,19D,20D,21D,22D,23D,24D,25D,26D,27D,28D,29D,30D. The predicted molar refractivity (Wildman–Crippen MR) is 198 cm³/mol. The fourth-order valence-electron chi connectivity index (χ4n) is 5.28. The molecule has 214 valence electrons. The summed E-state index contributed by atoms with van der Waals surface area (Å²) in [6.45, 7) is 0. The van der Waals surface area contributed by atoms with Crippen LogP contribution in [0.15, 0.2) is 181 Å². The van der Waals surface area contributed by atoms with E-state index in [1.165, 1.54) is 0 Å². The van der Waals surface area contributed by atoms with Crippen LogP contribution in [0.25, 0.3) is 87.6 Å². The van der Waals surface area contributed by atoms with Gasteiger partial charge in [0.25, 0.3) is 0 Å². The van der Waals surface area contributed by atoms with Crippen molar-refractivity contribution in [2.75, 3.05) is 0 Å². The molecule has 0 amide bonds. The van der Waals surface area contributed by atoms with E-state index in [0.29, 0.717) is 0 Å². The van der Waals surface area contributed by atoms with Gasteiger partial charge in [0.1, 0.15) is 0 Å². The molecule has 0 saturated carbocycles. The van der Waals surface area contributed by atoms with Gasteiger partial charge < -0.3 is 0 Å². The van der Waals surface area contributed by atoms with Crippen molar-refractivity contribution in [2.45, 2.75) is 0 Å². The van der Waals surface area contributed by atoms with Crippen LogP contribution in [0.1, 0.15) is 39.8 Å². The van der Waals surface area contributed by atoms with Crippen molar-refractivity contribution in [2.24, 2.45) is 0 Å². The van der Waals surface area contributed by atoms with Crippen molar-refractivity contribution in [1.29, 1.82) is 0 Å². The van der Waals surface area contributed by atoms with Gasteiger partial charge in [-0.15, -0.1) is 0 Å². The summed E-state index contributed by atoms with van der Waals surface area (Å²) in [7, 11) is 0. The molecule has 0 heterocycles. The van der Waals surface area contributed by atoms with Crippen LogP contribution in [0.3, 0.4) is 0 Å². The molecule has 0 spiro atoms. The number of hydrogen-bond donors (Lipinski definition) is 0. The van der Waals surface area contributed by atoms with Gasteiger partial charge in [-0.1, -0.05) is 163 Å². The number of fused-ring (bicyclic) bond motifs is 4. The highest BCUT2D eigenvalue weighted by molar-refractivity contribution is 6.24.